The smallest absolute Gasteiger partial charge is 0.0756 e. The Hall–Kier alpha value is -1.61. The number of hydrogen-bond acceptors (Lipinski definition) is 3. The van der Waals surface area contributed by atoms with E-state index in [9.17, 15) is 0 Å². The van der Waals surface area contributed by atoms with E-state index in [1.54, 1.807) is 0 Å². The molecule has 0 aliphatic heterocycles. The van der Waals surface area contributed by atoms with Crippen LogP contribution in [0.25, 0.3) is 10.9 Å². The molecule has 2 N–H and O–H groups in total. The Morgan fingerprint density at radius 3 is 2.39 bits per heavy atom. The lowest BCUT2D eigenvalue weighted by Gasteiger charge is -2.21. The molecule has 2 aromatic rings. The molecule has 0 atom stereocenters. The molecule has 18 heavy (non-hydrogen) atoms. The third-order valence-corrected chi connectivity index (χ3v) is 3.38. The average molecular weight is 243 g/mol. The number of aryl methyl sites for hydroxylation is 2. The van der Waals surface area contributed by atoms with Gasteiger partial charge in [0.2, 0.25) is 0 Å². The predicted octanol–water partition coefficient (Wildman–Crippen LogP) is 2.68. The van der Waals surface area contributed by atoms with Crippen LogP contribution in [0, 0.1) is 20.8 Å². The topological polar surface area (TPSA) is 42.1 Å². The van der Waals surface area contributed by atoms with Gasteiger partial charge < -0.3 is 10.6 Å². The molecular formula is C15H21N3. The molecule has 1 aromatic carbocycles. The van der Waals surface area contributed by atoms with Crippen molar-refractivity contribution in [1.82, 2.24) is 4.98 Å². The number of pyridine rings is 1. The Labute approximate surface area is 109 Å². The zero-order chi connectivity index (χ0) is 13.4. The maximum atomic E-state index is 5.81. The molecule has 0 saturated heterocycles. The summed E-state index contributed by atoms with van der Waals surface area (Å²) in [5, 5.41) is 1.22. The molecule has 0 unspecified atom stereocenters. The second kappa shape index (κ2) is 4.58. The molecule has 0 aliphatic carbocycles. The number of fused-ring (bicyclic) bond motifs is 1. The zero-order valence-electron chi connectivity index (χ0n) is 11.8. The predicted molar refractivity (Wildman–Crippen MR) is 78.2 cm³/mol. The summed E-state index contributed by atoms with van der Waals surface area (Å²) in [5.74, 6) is 0. The van der Waals surface area contributed by atoms with Gasteiger partial charge in [-0.3, -0.25) is 4.98 Å². The first-order valence-electron chi connectivity index (χ1n) is 6.23. The first-order valence-corrected chi connectivity index (χ1v) is 6.23. The van der Waals surface area contributed by atoms with Gasteiger partial charge in [0.1, 0.15) is 0 Å². The van der Waals surface area contributed by atoms with Gasteiger partial charge in [-0.15, -0.1) is 0 Å². The summed E-state index contributed by atoms with van der Waals surface area (Å²) in [6.07, 6.45) is 0. The Kier molecular flexibility index (Phi) is 3.26. The summed E-state index contributed by atoms with van der Waals surface area (Å²) in [6, 6.07) is 4.38. The number of benzene rings is 1. The fourth-order valence-corrected chi connectivity index (χ4v) is 2.62. The number of nitrogens with zero attached hydrogens (tertiary/aromatic N) is 2. The quantitative estimate of drug-likeness (QED) is 0.881. The van der Waals surface area contributed by atoms with E-state index in [4.69, 9.17) is 10.7 Å². The van der Waals surface area contributed by atoms with Crippen molar-refractivity contribution in [3.63, 3.8) is 0 Å². The highest BCUT2D eigenvalue weighted by molar-refractivity contribution is 5.95. The van der Waals surface area contributed by atoms with Crippen molar-refractivity contribution in [1.29, 1.82) is 0 Å². The van der Waals surface area contributed by atoms with E-state index in [1.807, 2.05) is 0 Å². The van der Waals surface area contributed by atoms with Crippen molar-refractivity contribution in [2.75, 3.05) is 19.0 Å². The van der Waals surface area contributed by atoms with E-state index >= 15 is 0 Å². The minimum atomic E-state index is 0.482. The van der Waals surface area contributed by atoms with Crippen LogP contribution in [-0.4, -0.2) is 19.1 Å². The van der Waals surface area contributed by atoms with Gasteiger partial charge in [-0.25, -0.2) is 0 Å². The molecule has 3 heteroatoms. The van der Waals surface area contributed by atoms with Crippen molar-refractivity contribution in [2.24, 2.45) is 5.73 Å². The van der Waals surface area contributed by atoms with Crippen molar-refractivity contribution in [3.05, 3.63) is 34.5 Å². The molecule has 0 fully saturated rings. The molecule has 1 heterocycles. The number of anilines is 1. The van der Waals surface area contributed by atoms with Gasteiger partial charge in [0.15, 0.2) is 0 Å². The summed E-state index contributed by atoms with van der Waals surface area (Å²) in [6.45, 7) is 6.81. The third kappa shape index (κ3) is 1.95. The Bertz CT molecular complexity index is 600. The van der Waals surface area contributed by atoms with Crippen LogP contribution in [0.4, 0.5) is 5.69 Å². The van der Waals surface area contributed by atoms with Crippen LogP contribution >= 0.6 is 0 Å². The highest BCUT2D eigenvalue weighted by atomic mass is 15.1. The lowest BCUT2D eigenvalue weighted by atomic mass is 10.0. The maximum absolute atomic E-state index is 5.81. The highest BCUT2D eigenvalue weighted by Gasteiger charge is 2.14. The molecule has 0 amide bonds. The van der Waals surface area contributed by atoms with E-state index < -0.39 is 0 Å². The van der Waals surface area contributed by atoms with Gasteiger partial charge in [0.05, 0.1) is 16.9 Å². The van der Waals surface area contributed by atoms with E-state index in [0.717, 1.165) is 11.2 Å². The van der Waals surface area contributed by atoms with Gasteiger partial charge in [0, 0.05) is 26.0 Å². The van der Waals surface area contributed by atoms with E-state index in [2.05, 4.69) is 51.9 Å². The molecule has 2 rings (SSSR count). The minimum Gasteiger partial charge on any atom is -0.377 e. The van der Waals surface area contributed by atoms with Gasteiger partial charge in [0.25, 0.3) is 0 Å². The molecule has 0 aliphatic rings. The van der Waals surface area contributed by atoms with Crippen molar-refractivity contribution >= 4 is 16.6 Å². The molecule has 0 spiro atoms. The Morgan fingerprint density at radius 1 is 1.17 bits per heavy atom. The lowest BCUT2D eigenvalue weighted by molar-refractivity contribution is 0.972. The molecule has 0 bridgehead atoms. The maximum Gasteiger partial charge on any atom is 0.0756 e. The standard InChI is InChI=1S/C15H21N3/c1-9-6-10(2)14-12(7-9)15(18(4)5)11(3)13(8-16)17-14/h6-7H,8,16H2,1-5H3. The number of hydrogen-bond donors (Lipinski definition) is 1. The monoisotopic (exact) mass is 243 g/mol. The van der Waals surface area contributed by atoms with Crippen LogP contribution < -0.4 is 10.6 Å². The first kappa shape index (κ1) is 12.8. The largest absolute Gasteiger partial charge is 0.377 e. The molecule has 96 valence electrons. The van der Waals surface area contributed by atoms with Crippen molar-refractivity contribution in [3.8, 4) is 0 Å². The Balaban J connectivity index is 2.95. The summed E-state index contributed by atoms with van der Waals surface area (Å²) >= 11 is 0. The van der Waals surface area contributed by atoms with E-state index in [-0.39, 0.29) is 0 Å². The summed E-state index contributed by atoms with van der Waals surface area (Å²) < 4.78 is 0. The van der Waals surface area contributed by atoms with Crippen LogP contribution in [0.3, 0.4) is 0 Å². The number of aromatic nitrogens is 1. The molecule has 0 radical (unpaired) electrons. The Morgan fingerprint density at radius 2 is 1.83 bits per heavy atom. The number of nitrogens with two attached hydrogens (primary N) is 1. The summed E-state index contributed by atoms with van der Waals surface area (Å²) in [4.78, 5) is 6.88. The normalized spacial score (nSPS) is 11.0. The van der Waals surface area contributed by atoms with Gasteiger partial charge >= 0.3 is 0 Å². The van der Waals surface area contributed by atoms with Crippen LogP contribution in [0.2, 0.25) is 0 Å². The van der Waals surface area contributed by atoms with E-state index in [1.165, 1.54) is 27.8 Å². The van der Waals surface area contributed by atoms with Gasteiger partial charge in [-0.1, -0.05) is 11.6 Å². The fourth-order valence-electron chi connectivity index (χ4n) is 2.62. The lowest BCUT2D eigenvalue weighted by Crippen LogP contribution is -2.14. The van der Waals surface area contributed by atoms with Gasteiger partial charge in [-0.2, -0.15) is 0 Å². The highest BCUT2D eigenvalue weighted by Crippen LogP contribution is 2.32. The molecule has 3 nitrogen and oxygen atoms in total. The molecule has 1 aromatic heterocycles. The van der Waals surface area contributed by atoms with Crippen molar-refractivity contribution < 1.29 is 0 Å². The van der Waals surface area contributed by atoms with Gasteiger partial charge in [-0.05, 0) is 38.0 Å². The average Bonchev–Trinajstić information content (AvgIpc) is 2.27. The SMILES string of the molecule is Cc1cc(C)c2nc(CN)c(C)c(N(C)C)c2c1. The van der Waals surface area contributed by atoms with E-state index in [0.29, 0.717) is 6.54 Å². The second-order valence-electron chi connectivity index (χ2n) is 5.11. The minimum absolute atomic E-state index is 0.482. The van der Waals surface area contributed by atoms with Crippen LogP contribution in [0.15, 0.2) is 12.1 Å². The van der Waals surface area contributed by atoms with Crippen molar-refractivity contribution in [2.45, 2.75) is 27.3 Å². The summed E-state index contributed by atoms with van der Waals surface area (Å²) in [7, 11) is 4.14. The van der Waals surface area contributed by atoms with Crippen LogP contribution in [0.1, 0.15) is 22.4 Å². The fraction of sp³-hybridized carbons (Fsp3) is 0.400. The molecule has 0 saturated carbocycles. The first-order chi connectivity index (χ1) is 8.45. The summed E-state index contributed by atoms with van der Waals surface area (Å²) in [5.41, 5.74) is 12.7. The van der Waals surface area contributed by atoms with Crippen LogP contribution in [-0.2, 0) is 6.54 Å². The number of rotatable bonds is 2. The molecular weight excluding hydrogens is 222 g/mol. The van der Waals surface area contributed by atoms with Crippen LogP contribution in [0.5, 0.6) is 0 Å². The second-order valence-corrected chi connectivity index (χ2v) is 5.11. The zero-order valence-corrected chi connectivity index (χ0v) is 11.8. The third-order valence-electron chi connectivity index (χ3n) is 3.38.